The monoisotopic (exact) mass is 462 g/mol. The number of rotatable bonds is 8. The zero-order valence-corrected chi connectivity index (χ0v) is 20.5. The summed E-state index contributed by atoms with van der Waals surface area (Å²) < 4.78 is 5.63. The van der Waals surface area contributed by atoms with E-state index in [1.54, 1.807) is 0 Å². The van der Waals surface area contributed by atoms with Crippen LogP contribution >= 0.6 is 0 Å². The van der Waals surface area contributed by atoms with E-state index in [4.69, 9.17) is 9.51 Å². The number of carbonyl (C=O) groups excluding carboxylic acids is 1. The third-order valence-corrected chi connectivity index (χ3v) is 6.28. The average Bonchev–Trinajstić information content (AvgIpc) is 3.21. The molecule has 2 aromatic heterocycles. The smallest absolute Gasteiger partial charge is 0.227 e. The molecule has 1 aliphatic rings. The van der Waals surface area contributed by atoms with E-state index in [1.807, 2.05) is 63.3 Å². The number of hydrogen-bond acceptors (Lipinski definition) is 7. The second kappa shape index (κ2) is 10.8. The first-order chi connectivity index (χ1) is 16.4. The molecule has 0 aliphatic heterocycles. The van der Waals surface area contributed by atoms with Crippen molar-refractivity contribution in [1.29, 1.82) is 0 Å². The van der Waals surface area contributed by atoms with E-state index < -0.39 is 0 Å². The minimum atomic E-state index is -0.0158. The number of aromatic nitrogens is 3. The maximum atomic E-state index is 12.2. The molecule has 2 heterocycles. The number of hydrogen-bond donors (Lipinski definition) is 2. The number of nitrogens with zero attached hydrogens (tertiary/aromatic N) is 4. The molecular formula is C26H34N6O2. The molecule has 0 radical (unpaired) electrons. The first-order valence-electron chi connectivity index (χ1n) is 12.0. The minimum Gasteiger partial charge on any atom is -0.361 e. The Balaban J connectivity index is 1.54. The molecule has 1 amide bonds. The van der Waals surface area contributed by atoms with Gasteiger partial charge in [-0.1, -0.05) is 30.5 Å². The van der Waals surface area contributed by atoms with Crippen LogP contribution in [0, 0.1) is 13.8 Å². The fraction of sp³-hybridized carbons (Fsp3) is 0.462. The third-order valence-electron chi connectivity index (χ3n) is 6.28. The van der Waals surface area contributed by atoms with Crippen LogP contribution in [0.25, 0.3) is 11.3 Å². The molecule has 0 spiro atoms. The Morgan fingerprint density at radius 2 is 1.91 bits per heavy atom. The molecule has 1 aromatic carbocycles. The Hall–Kier alpha value is -3.26. The van der Waals surface area contributed by atoms with Gasteiger partial charge in [0.1, 0.15) is 5.76 Å². The van der Waals surface area contributed by atoms with Crippen molar-refractivity contribution in [3.63, 3.8) is 0 Å². The molecule has 180 valence electrons. The van der Waals surface area contributed by atoms with E-state index in [1.165, 1.54) is 19.3 Å². The maximum absolute atomic E-state index is 12.2. The molecule has 0 bridgehead atoms. The summed E-state index contributed by atoms with van der Waals surface area (Å²) in [6, 6.07) is 7.58. The molecule has 0 saturated heterocycles. The fourth-order valence-electron chi connectivity index (χ4n) is 4.44. The van der Waals surface area contributed by atoms with Gasteiger partial charge in [0.05, 0.1) is 17.0 Å². The summed E-state index contributed by atoms with van der Waals surface area (Å²) in [4.78, 5) is 23.5. The van der Waals surface area contributed by atoms with Crippen LogP contribution in [0.5, 0.6) is 0 Å². The first kappa shape index (κ1) is 23.9. The number of nitrogens with one attached hydrogen (secondary N) is 2. The second-order valence-electron chi connectivity index (χ2n) is 9.37. The molecule has 0 atom stereocenters. The molecule has 8 heteroatoms. The molecule has 34 heavy (non-hydrogen) atoms. The van der Waals surface area contributed by atoms with Gasteiger partial charge in [0.2, 0.25) is 11.9 Å². The number of amides is 1. The predicted molar refractivity (Wildman–Crippen MR) is 134 cm³/mol. The van der Waals surface area contributed by atoms with Crippen LogP contribution in [0.4, 0.5) is 17.3 Å². The Morgan fingerprint density at radius 3 is 2.68 bits per heavy atom. The van der Waals surface area contributed by atoms with E-state index in [9.17, 15) is 4.79 Å². The minimum absolute atomic E-state index is 0.0158. The number of carbonyl (C=O) groups is 1. The van der Waals surface area contributed by atoms with Crippen molar-refractivity contribution >= 4 is 23.2 Å². The van der Waals surface area contributed by atoms with Crippen LogP contribution in [-0.4, -0.2) is 46.6 Å². The number of anilines is 3. The number of aryl methyl sites for hydroxylation is 2. The van der Waals surface area contributed by atoms with Gasteiger partial charge in [0, 0.05) is 36.5 Å². The normalized spacial score (nSPS) is 14.4. The van der Waals surface area contributed by atoms with Crippen molar-refractivity contribution in [1.82, 2.24) is 20.0 Å². The Labute approximate surface area is 201 Å². The molecule has 1 fully saturated rings. The molecule has 2 N–H and O–H groups in total. The topological polar surface area (TPSA) is 96.2 Å². The van der Waals surface area contributed by atoms with Gasteiger partial charge in [0.15, 0.2) is 0 Å². The summed E-state index contributed by atoms with van der Waals surface area (Å²) in [5.74, 6) is 1.68. The summed E-state index contributed by atoms with van der Waals surface area (Å²) in [5, 5.41) is 10.7. The SMILES string of the molecule is Cc1cnc(Nc2cccc(NC(=O)CCN(C)C)c2)nc1-c1c(C2CCCCC2)noc1C. The van der Waals surface area contributed by atoms with Gasteiger partial charge >= 0.3 is 0 Å². The van der Waals surface area contributed by atoms with Crippen LogP contribution < -0.4 is 10.6 Å². The van der Waals surface area contributed by atoms with Crippen LogP contribution in [0.1, 0.15) is 61.5 Å². The van der Waals surface area contributed by atoms with Gasteiger partial charge < -0.3 is 20.1 Å². The largest absolute Gasteiger partial charge is 0.361 e. The van der Waals surface area contributed by atoms with Crippen LogP contribution in [0.2, 0.25) is 0 Å². The summed E-state index contributed by atoms with van der Waals surface area (Å²) in [6.45, 7) is 4.67. The van der Waals surface area contributed by atoms with Crippen molar-refractivity contribution in [2.45, 2.75) is 58.3 Å². The molecular weight excluding hydrogens is 428 g/mol. The van der Waals surface area contributed by atoms with Crippen LogP contribution in [0.3, 0.4) is 0 Å². The lowest BCUT2D eigenvalue weighted by atomic mass is 9.84. The van der Waals surface area contributed by atoms with Crippen molar-refractivity contribution in [2.75, 3.05) is 31.3 Å². The highest BCUT2D eigenvalue weighted by molar-refractivity contribution is 5.91. The lowest BCUT2D eigenvalue weighted by Crippen LogP contribution is -2.20. The lowest BCUT2D eigenvalue weighted by molar-refractivity contribution is -0.116. The summed E-state index contributed by atoms with van der Waals surface area (Å²) in [5.41, 5.74) is 5.38. The van der Waals surface area contributed by atoms with Gasteiger partial charge in [-0.2, -0.15) is 0 Å². The summed E-state index contributed by atoms with van der Waals surface area (Å²) in [6.07, 6.45) is 8.30. The van der Waals surface area contributed by atoms with Crippen LogP contribution in [-0.2, 0) is 4.79 Å². The molecule has 0 unspecified atom stereocenters. The zero-order valence-electron chi connectivity index (χ0n) is 20.5. The van der Waals surface area contributed by atoms with Gasteiger partial charge in [-0.05, 0) is 64.5 Å². The Kier molecular flexibility index (Phi) is 7.57. The first-order valence-corrected chi connectivity index (χ1v) is 12.0. The fourth-order valence-corrected chi connectivity index (χ4v) is 4.44. The van der Waals surface area contributed by atoms with E-state index in [2.05, 4.69) is 20.8 Å². The standard InChI is InChI=1S/C26H34N6O2/c1-17-16-27-26(29-21-12-8-11-20(15-21)28-22(33)13-14-32(3)4)30-24(17)23-18(2)34-31-25(23)19-9-6-5-7-10-19/h8,11-12,15-16,19H,5-7,9-10,13-14H2,1-4H3,(H,28,33)(H,27,29,30). The van der Waals surface area contributed by atoms with Crippen molar-refractivity contribution in [3.05, 3.63) is 47.5 Å². The van der Waals surface area contributed by atoms with Gasteiger partial charge in [-0.3, -0.25) is 4.79 Å². The quantitative estimate of drug-likeness (QED) is 0.461. The highest BCUT2D eigenvalue weighted by Gasteiger charge is 2.26. The average molecular weight is 463 g/mol. The summed E-state index contributed by atoms with van der Waals surface area (Å²) in [7, 11) is 3.90. The second-order valence-corrected chi connectivity index (χ2v) is 9.37. The van der Waals surface area contributed by atoms with E-state index in [0.717, 1.165) is 52.5 Å². The van der Waals surface area contributed by atoms with Gasteiger partial charge in [-0.15, -0.1) is 0 Å². The third kappa shape index (κ3) is 5.80. The highest BCUT2D eigenvalue weighted by atomic mass is 16.5. The Morgan fingerprint density at radius 1 is 1.15 bits per heavy atom. The van der Waals surface area contributed by atoms with Gasteiger partial charge in [-0.25, -0.2) is 9.97 Å². The highest BCUT2D eigenvalue weighted by Crippen LogP contribution is 2.39. The number of benzene rings is 1. The van der Waals surface area contributed by atoms with E-state index >= 15 is 0 Å². The predicted octanol–water partition coefficient (Wildman–Crippen LogP) is 5.43. The summed E-state index contributed by atoms with van der Waals surface area (Å²) >= 11 is 0. The van der Waals surface area contributed by atoms with Gasteiger partial charge in [0.25, 0.3) is 0 Å². The molecule has 8 nitrogen and oxygen atoms in total. The van der Waals surface area contributed by atoms with E-state index in [-0.39, 0.29) is 5.91 Å². The molecule has 1 aliphatic carbocycles. The zero-order chi connectivity index (χ0) is 24.1. The Bertz CT molecular complexity index is 1130. The maximum Gasteiger partial charge on any atom is 0.227 e. The van der Waals surface area contributed by atoms with Crippen molar-refractivity contribution in [2.24, 2.45) is 0 Å². The van der Waals surface area contributed by atoms with Crippen molar-refractivity contribution in [3.8, 4) is 11.3 Å². The van der Waals surface area contributed by atoms with Crippen molar-refractivity contribution < 1.29 is 9.32 Å². The van der Waals surface area contributed by atoms with E-state index in [0.29, 0.717) is 24.8 Å². The molecule has 1 saturated carbocycles. The van der Waals surface area contributed by atoms with Crippen LogP contribution in [0.15, 0.2) is 35.0 Å². The lowest BCUT2D eigenvalue weighted by Gasteiger charge is -2.20. The molecule has 3 aromatic rings. The molecule has 4 rings (SSSR count).